The molecule has 34 heavy (non-hydrogen) atoms. The number of alkyl halides is 3. The minimum absolute atomic E-state index is 0.138. The van der Waals surface area contributed by atoms with Gasteiger partial charge in [0.25, 0.3) is 5.91 Å². The first-order chi connectivity index (χ1) is 16.3. The summed E-state index contributed by atoms with van der Waals surface area (Å²) in [6.45, 7) is 2.74. The third-order valence-electron chi connectivity index (χ3n) is 5.51. The molecule has 1 aliphatic heterocycles. The van der Waals surface area contributed by atoms with Gasteiger partial charge in [0.1, 0.15) is 11.9 Å². The molecule has 1 aliphatic rings. The normalized spacial score (nSPS) is 16.0. The lowest BCUT2D eigenvalue weighted by Gasteiger charge is -2.23. The number of fused-ring (bicyclic) bond motifs is 1. The van der Waals surface area contributed by atoms with Crippen molar-refractivity contribution in [1.82, 2.24) is 14.9 Å². The molecule has 0 aliphatic carbocycles. The number of rotatable bonds is 6. The van der Waals surface area contributed by atoms with E-state index in [0.717, 1.165) is 25.0 Å². The van der Waals surface area contributed by atoms with Crippen LogP contribution in [0.4, 0.5) is 24.7 Å². The minimum atomic E-state index is -4.45. The van der Waals surface area contributed by atoms with Crippen LogP contribution in [0.15, 0.2) is 48.7 Å². The molecular weight excluding hydrogens is 449 g/mol. The number of benzene rings is 2. The van der Waals surface area contributed by atoms with Crippen LogP contribution in [0.3, 0.4) is 0 Å². The first kappa shape index (κ1) is 23.5. The van der Waals surface area contributed by atoms with Gasteiger partial charge in [0.2, 0.25) is 0 Å². The van der Waals surface area contributed by atoms with E-state index in [9.17, 15) is 22.8 Å². The number of halogens is 3. The fourth-order valence-electron chi connectivity index (χ4n) is 3.81. The molecule has 2 aromatic carbocycles. The van der Waals surface area contributed by atoms with Crippen molar-refractivity contribution in [3.63, 3.8) is 0 Å². The van der Waals surface area contributed by atoms with Gasteiger partial charge in [-0.1, -0.05) is 6.92 Å². The van der Waals surface area contributed by atoms with Crippen LogP contribution in [0.5, 0.6) is 0 Å². The van der Waals surface area contributed by atoms with Crippen molar-refractivity contribution >= 4 is 34.4 Å². The molecule has 1 atom stereocenters. The van der Waals surface area contributed by atoms with Gasteiger partial charge < -0.3 is 15.0 Å². The highest BCUT2D eigenvalue weighted by Gasteiger charge is 2.35. The lowest BCUT2D eigenvalue weighted by atomic mass is 10.1. The maximum absolute atomic E-state index is 12.9. The van der Waals surface area contributed by atoms with Crippen molar-refractivity contribution in [1.29, 1.82) is 0 Å². The summed E-state index contributed by atoms with van der Waals surface area (Å²) in [5.41, 5.74) is 0.732. The average molecular weight is 472 g/mol. The number of amides is 1. The van der Waals surface area contributed by atoms with Crippen molar-refractivity contribution in [2.75, 3.05) is 18.5 Å². The number of carbonyl (C=O) groups is 2. The van der Waals surface area contributed by atoms with E-state index in [1.165, 1.54) is 12.3 Å². The van der Waals surface area contributed by atoms with Crippen LogP contribution in [0.25, 0.3) is 11.0 Å². The summed E-state index contributed by atoms with van der Waals surface area (Å²) in [5, 5.41) is 3.03. The Kier molecular flexibility index (Phi) is 6.67. The molecular formula is C24H23F3N4O3. The van der Waals surface area contributed by atoms with E-state index in [0.29, 0.717) is 42.2 Å². The predicted octanol–water partition coefficient (Wildman–Crippen LogP) is 4.95. The molecule has 1 saturated heterocycles. The summed E-state index contributed by atoms with van der Waals surface area (Å²) >= 11 is 0. The van der Waals surface area contributed by atoms with E-state index < -0.39 is 17.8 Å². The quantitative estimate of drug-likeness (QED) is 0.511. The van der Waals surface area contributed by atoms with Gasteiger partial charge in [-0.25, -0.2) is 9.78 Å². The summed E-state index contributed by atoms with van der Waals surface area (Å²) in [5.74, 6) is -0.263. The number of carbonyl (C=O) groups excluding carboxylic acids is 2. The largest absolute Gasteiger partial charge is 0.464 e. The van der Waals surface area contributed by atoms with Crippen LogP contribution < -0.4 is 5.32 Å². The number of anilines is 2. The fourth-order valence-corrected chi connectivity index (χ4v) is 3.81. The molecule has 0 radical (unpaired) electrons. The number of hydrogen-bond acceptors (Lipinski definition) is 6. The lowest BCUT2D eigenvalue weighted by Crippen LogP contribution is -2.41. The molecule has 4 rings (SSSR count). The van der Waals surface area contributed by atoms with Gasteiger partial charge >= 0.3 is 12.1 Å². The van der Waals surface area contributed by atoms with Gasteiger partial charge in [-0.2, -0.15) is 13.2 Å². The zero-order valence-electron chi connectivity index (χ0n) is 18.4. The molecule has 178 valence electrons. The van der Waals surface area contributed by atoms with Crippen LogP contribution in [-0.2, 0) is 15.7 Å². The molecule has 0 saturated carbocycles. The van der Waals surface area contributed by atoms with Crippen molar-refractivity contribution in [2.24, 2.45) is 0 Å². The van der Waals surface area contributed by atoms with Crippen molar-refractivity contribution in [2.45, 2.75) is 38.4 Å². The van der Waals surface area contributed by atoms with Crippen LogP contribution in [0, 0.1) is 0 Å². The van der Waals surface area contributed by atoms with Gasteiger partial charge in [-0.05, 0) is 61.7 Å². The highest BCUT2D eigenvalue weighted by Crippen LogP contribution is 2.31. The van der Waals surface area contributed by atoms with E-state index in [-0.39, 0.29) is 17.4 Å². The predicted molar refractivity (Wildman–Crippen MR) is 120 cm³/mol. The topological polar surface area (TPSA) is 84.4 Å². The average Bonchev–Trinajstić information content (AvgIpc) is 3.32. The van der Waals surface area contributed by atoms with E-state index in [1.54, 1.807) is 29.2 Å². The molecule has 1 N–H and O–H groups in total. The summed E-state index contributed by atoms with van der Waals surface area (Å²) in [6.07, 6.45) is -1.06. The maximum Gasteiger partial charge on any atom is 0.416 e. The molecule has 7 nitrogen and oxygen atoms in total. The number of aromatic nitrogens is 2. The molecule has 10 heteroatoms. The summed E-state index contributed by atoms with van der Waals surface area (Å²) in [7, 11) is 0. The summed E-state index contributed by atoms with van der Waals surface area (Å²) in [4.78, 5) is 35.1. The molecule has 1 aromatic heterocycles. The Morgan fingerprint density at radius 1 is 1.15 bits per heavy atom. The molecule has 1 amide bonds. The van der Waals surface area contributed by atoms with Crippen LogP contribution in [0.1, 0.15) is 42.1 Å². The van der Waals surface area contributed by atoms with Crippen molar-refractivity contribution in [3.05, 3.63) is 59.8 Å². The zero-order valence-corrected chi connectivity index (χ0v) is 18.4. The Labute approximate surface area is 193 Å². The van der Waals surface area contributed by atoms with E-state index in [4.69, 9.17) is 4.74 Å². The second kappa shape index (κ2) is 9.66. The zero-order chi connectivity index (χ0) is 24.3. The van der Waals surface area contributed by atoms with Crippen molar-refractivity contribution in [3.8, 4) is 0 Å². The van der Waals surface area contributed by atoms with Crippen LogP contribution in [-0.4, -0.2) is 45.9 Å². The molecule has 0 bridgehead atoms. The monoisotopic (exact) mass is 472 g/mol. The second-order valence-electron chi connectivity index (χ2n) is 7.98. The highest BCUT2D eigenvalue weighted by atomic mass is 19.4. The number of likely N-dealkylation sites (tertiary alicyclic amines) is 1. The number of esters is 1. The summed E-state index contributed by atoms with van der Waals surface area (Å²) in [6, 6.07) is 9.28. The Balaban J connectivity index is 1.45. The SMILES string of the molecule is CCCOC(=O)[C@@H]1CCCN1C(=O)c1ccc(Nc2cnc3cc(C(F)(F)F)ccc3n2)cc1. The number of nitrogens with one attached hydrogen (secondary N) is 1. The molecule has 3 aromatic rings. The van der Waals surface area contributed by atoms with Crippen LogP contribution >= 0.6 is 0 Å². The van der Waals surface area contributed by atoms with Gasteiger partial charge in [0.15, 0.2) is 0 Å². The molecule has 0 unspecified atom stereocenters. The molecule has 2 heterocycles. The Hall–Kier alpha value is -3.69. The van der Waals surface area contributed by atoms with E-state index in [1.807, 2.05) is 6.92 Å². The lowest BCUT2D eigenvalue weighted by molar-refractivity contribution is -0.148. The third-order valence-corrected chi connectivity index (χ3v) is 5.51. The first-order valence-corrected chi connectivity index (χ1v) is 10.9. The maximum atomic E-state index is 12.9. The summed E-state index contributed by atoms with van der Waals surface area (Å²) < 4.78 is 43.8. The number of nitrogens with zero attached hydrogens (tertiary/aromatic N) is 3. The van der Waals surface area contributed by atoms with E-state index >= 15 is 0 Å². The standard InChI is InChI=1S/C24H23F3N4O3/c1-2-12-34-23(33)20-4-3-11-31(20)22(32)15-5-8-17(9-6-15)29-21-14-28-19-13-16(24(25,26)27)7-10-18(19)30-21/h5-10,13-14,20H,2-4,11-12H2,1H3,(H,29,30)/t20-/m0/s1. The number of hydrogen-bond donors (Lipinski definition) is 1. The highest BCUT2D eigenvalue weighted by molar-refractivity contribution is 5.97. The smallest absolute Gasteiger partial charge is 0.416 e. The third kappa shape index (κ3) is 5.11. The van der Waals surface area contributed by atoms with Gasteiger partial charge in [0.05, 0.1) is 29.4 Å². The Morgan fingerprint density at radius 3 is 2.62 bits per heavy atom. The van der Waals surface area contributed by atoms with Gasteiger partial charge in [-0.15, -0.1) is 0 Å². The van der Waals surface area contributed by atoms with Gasteiger partial charge in [-0.3, -0.25) is 9.78 Å². The Morgan fingerprint density at radius 2 is 1.91 bits per heavy atom. The fraction of sp³-hybridized carbons (Fsp3) is 0.333. The van der Waals surface area contributed by atoms with Gasteiger partial charge in [0, 0.05) is 17.8 Å². The number of ether oxygens (including phenoxy) is 1. The Bertz CT molecular complexity index is 1200. The van der Waals surface area contributed by atoms with Crippen LogP contribution in [0.2, 0.25) is 0 Å². The second-order valence-corrected chi connectivity index (χ2v) is 7.98. The first-order valence-electron chi connectivity index (χ1n) is 10.9. The minimum Gasteiger partial charge on any atom is -0.464 e. The van der Waals surface area contributed by atoms with Crippen molar-refractivity contribution < 1.29 is 27.5 Å². The van der Waals surface area contributed by atoms with E-state index in [2.05, 4.69) is 15.3 Å². The molecule has 1 fully saturated rings. The molecule has 0 spiro atoms.